The van der Waals surface area contributed by atoms with E-state index >= 15 is 0 Å². The summed E-state index contributed by atoms with van der Waals surface area (Å²) in [5.41, 5.74) is 1.16. The quantitative estimate of drug-likeness (QED) is 0.782. The monoisotopic (exact) mass is 272 g/mol. The van der Waals surface area contributed by atoms with E-state index in [1.54, 1.807) is 18.3 Å². The topological polar surface area (TPSA) is 104 Å². The van der Waals surface area contributed by atoms with Crippen molar-refractivity contribution in [1.82, 2.24) is 15.3 Å². The molecule has 0 aliphatic rings. The number of amides is 2. The van der Waals surface area contributed by atoms with E-state index in [2.05, 4.69) is 20.6 Å². The first-order chi connectivity index (χ1) is 9.65. The van der Waals surface area contributed by atoms with Crippen molar-refractivity contribution in [2.45, 2.75) is 6.54 Å². The van der Waals surface area contributed by atoms with Gasteiger partial charge in [0.2, 0.25) is 0 Å². The van der Waals surface area contributed by atoms with Gasteiger partial charge in [-0.15, -0.1) is 0 Å². The number of nitrogens with zero attached hydrogens (tertiary/aromatic N) is 2. The maximum Gasteiger partial charge on any atom is 0.335 e. The molecule has 0 saturated carbocycles. The molecule has 0 aromatic carbocycles. The van der Waals surface area contributed by atoms with E-state index in [0.717, 1.165) is 0 Å². The van der Waals surface area contributed by atoms with Gasteiger partial charge in [-0.1, -0.05) is 0 Å². The molecule has 0 fully saturated rings. The van der Waals surface area contributed by atoms with Crippen molar-refractivity contribution in [1.29, 1.82) is 0 Å². The van der Waals surface area contributed by atoms with Crippen LogP contribution in [0.15, 0.2) is 42.9 Å². The molecular formula is C13H12N4O3. The number of aromatic carboxylic acids is 1. The molecule has 0 radical (unpaired) electrons. The molecule has 0 spiro atoms. The third-order valence-electron chi connectivity index (χ3n) is 2.41. The Balaban J connectivity index is 1.90. The number of nitrogens with one attached hydrogen (secondary N) is 2. The fraction of sp³-hybridized carbons (Fsp3) is 0.0769. The largest absolute Gasteiger partial charge is 0.478 e. The zero-order chi connectivity index (χ0) is 14.4. The predicted molar refractivity (Wildman–Crippen MR) is 71.3 cm³/mol. The van der Waals surface area contributed by atoms with Gasteiger partial charge in [-0.2, -0.15) is 0 Å². The first-order valence-corrected chi connectivity index (χ1v) is 5.78. The molecular weight excluding hydrogens is 260 g/mol. The standard InChI is InChI=1S/C13H12N4O3/c18-12(19)9-3-5-15-11(6-9)8-16-13(20)17-10-2-1-4-14-7-10/h1-7H,8H2,(H,18,19)(H2,16,17,20). The van der Waals surface area contributed by atoms with Crippen LogP contribution in [0.1, 0.15) is 16.1 Å². The van der Waals surface area contributed by atoms with E-state index < -0.39 is 12.0 Å². The van der Waals surface area contributed by atoms with Crippen molar-refractivity contribution in [3.8, 4) is 0 Å². The van der Waals surface area contributed by atoms with Gasteiger partial charge < -0.3 is 15.7 Å². The number of hydrogen-bond acceptors (Lipinski definition) is 4. The molecule has 0 aliphatic heterocycles. The molecule has 0 saturated heterocycles. The van der Waals surface area contributed by atoms with Crippen molar-refractivity contribution in [3.05, 3.63) is 54.1 Å². The van der Waals surface area contributed by atoms with Crippen LogP contribution in [0.25, 0.3) is 0 Å². The number of carbonyl (C=O) groups is 2. The minimum Gasteiger partial charge on any atom is -0.478 e. The molecule has 0 atom stereocenters. The highest BCUT2D eigenvalue weighted by Crippen LogP contribution is 2.03. The van der Waals surface area contributed by atoms with E-state index in [1.165, 1.54) is 24.5 Å². The highest BCUT2D eigenvalue weighted by atomic mass is 16.4. The summed E-state index contributed by atoms with van der Waals surface area (Å²) >= 11 is 0. The van der Waals surface area contributed by atoms with Crippen LogP contribution < -0.4 is 10.6 Å². The van der Waals surface area contributed by atoms with Gasteiger partial charge in [0.25, 0.3) is 0 Å². The average molecular weight is 272 g/mol. The lowest BCUT2D eigenvalue weighted by molar-refractivity contribution is 0.0696. The number of urea groups is 1. The Morgan fingerprint density at radius 2 is 2.10 bits per heavy atom. The van der Waals surface area contributed by atoms with E-state index in [0.29, 0.717) is 11.4 Å². The van der Waals surface area contributed by atoms with Crippen LogP contribution in [-0.4, -0.2) is 27.1 Å². The summed E-state index contributed by atoms with van der Waals surface area (Å²) < 4.78 is 0. The number of anilines is 1. The second-order valence-electron chi connectivity index (χ2n) is 3.89. The minimum atomic E-state index is -1.03. The lowest BCUT2D eigenvalue weighted by atomic mass is 10.2. The Morgan fingerprint density at radius 1 is 1.25 bits per heavy atom. The van der Waals surface area contributed by atoms with Gasteiger partial charge in [0.1, 0.15) is 0 Å². The van der Waals surface area contributed by atoms with E-state index in [1.807, 2.05) is 0 Å². The number of carboxylic acids is 1. The first-order valence-electron chi connectivity index (χ1n) is 5.78. The lowest BCUT2D eigenvalue weighted by Gasteiger charge is -2.07. The van der Waals surface area contributed by atoms with E-state index in [4.69, 9.17) is 5.11 Å². The molecule has 3 N–H and O–H groups in total. The summed E-state index contributed by atoms with van der Waals surface area (Å²) in [6, 6.07) is 5.79. The predicted octanol–water partition coefficient (Wildman–Crippen LogP) is 1.50. The molecule has 2 aromatic heterocycles. The van der Waals surface area contributed by atoms with Crippen LogP contribution in [0.5, 0.6) is 0 Å². The molecule has 2 amide bonds. The summed E-state index contributed by atoms with van der Waals surface area (Å²) in [5.74, 6) is -1.03. The molecule has 20 heavy (non-hydrogen) atoms. The van der Waals surface area contributed by atoms with E-state index in [-0.39, 0.29) is 12.1 Å². The van der Waals surface area contributed by atoms with Crippen molar-refractivity contribution in [3.63, 3.8) is 0 Å². The van der Waals surface area contributed by atoms with Gasteiger partial charge in [-0.3, -0.25) is 9.97 Å². The number of carboxylic acid groups (broad SMARTS) is 1. The average Bonchev–Trinajstić information content (AvgIpc) is 2.46. The van der Waals surface area contributed by atoms with Crippen LogP contribution in [0.4, 0.5) is 10.5 Å². The number of rotatable bonds is 4. The third kappa shape index (κ3) is 3.77. The Hall–Kier alpha value is -2.96. The second kappa shape index (κ2) is 6.28. The molecule has 7 nitrogen and oxygen atoms in total. The summed E-state index contributed by atoms with van der Waals surface area (Å²) in [5, 5.41) is 14.0. The highest BCUT2D eigenvalue weighted by molar-refractivity contribution is 5.89. The normalized spacial score (nSPS) is 9.80. The van der Waals surface area contributed by atoms with Gasteiger partial charge in [-0.25, -0.2) is 9.59 Å². The first kappa shape index (κ1) is 13.5. The Morgan fingerprint density at radius 3 is 2.80 bits per heavy atom. The number of pyridine rings is 2. The van der Waals surface area contributed by atoms with Crippen LogP contribution in [-0.2, 0) is 6.54 Å². The lowest BCUT2D eigenvalue weighted by Crippen LogP contribution is -2.28. The fourth-order valence-electron chi connectivity index (χ4n) is 1.49. The minimum absolute atomic E-state index is 0.129. The van der Waals surface area contributed by atoms with Gasteiger partial charge in [-0.05, 0) is 24.3 Å². The molecule has 0 bridgehead atoms. The number of carbonyl (C=O) groups excluding carboxylic acids is 1. The molecule has 0 unspecified atom stereocenters. The van der Waals surface area contributed by atoms with Crippen LogP contribution in [0.2, 0.25) is 0 Å². The maximum absolute atomic E-state index is 11.6. The summed E-state index contributed by atoms with van der Waals surface area (Å²) in [6.07, 6.45) is 4.51. The fourth-order valence-corrected chi connectivity index (χ4v) is 1.49. The van der Waals surface area contributed by atoms with Crippen molar-refractivity contribution in [2.24, 2.45) is 0 Å². The molecule has 0 aliphatic carbocycles. The Kier molecular flexibility index (Phi) is 4.23. The molecule has 102 valence electrons. The van der Waals surface area contributed by atoms with Crippen molar-refractivity contribution >= 4 is 17.7 Å². The second-order valence-corrected chi connectivity index (χ2v) is 3.89. The van der Waals surface area contributed by atoms with Gasteiger partial charge in [0.15, 0.2) is 0 Å². The Labute approximate surface area is 114 Å². The SMILES string of the molecule is O=C(NCc1cc(C(=O)O)ccn1)Nc1cccnc1. The zero-order valence-electron chi connectivity index (χ0n) is 10.4. The molecule has 7 heteroatoms. The summed E-state index contributed by atoms with van der Waals surface area (Å²) in [7, 11) is 0. The third-order valence-corrected chi connectivity index (χ3v) is 2.41. The van der Waals surface area contributed by atoms with Crippen molar-refractivity contribution in [2.75, 3.05) is 5.32 Å². The van der Waals surface area contributed by atoms with E-state index in [9.17, 15) is 9.59 Å². The van der Waals surface area contributed by atoms with Crippen LogP contribution >= 0.6 is 0 Å². The highest BCUT2D eigenvalue weighted by Gasteiger charge is 2.06. The number of hydrogen-bond donors (Lipinski definition) is 3. The van der Waals surface area contributed by atoms with Gasteiger partial charge >= 0.3 is 12.0 Å². The molecule has 2 aromatic rings. The van der Waals surface area contributed by atoms with Crippen LogP contribution in [0.3, 0.4) is 0 Å². The van der Waals surface area contributed by atoms with Crippen molar-refractivity contribution < 1.29 is 14.7 Å². The molecule has 2 heterocycles. The van der Waals surface area contributed by atoms with Crippen LogP contribution in [0, 0.1) is 0 Å². The maximum atomic E-state index is 11.6. The molecule has 2 rings (SSSR count). The van der Waals surface area contributed by atoms with Gasteiger partial charge in [0, 0.05) is 12.4 Å². The Bertz CT molecular complexity index is 616. The van der Waals surface area contributed by atoms with Gasteiger partial charge in [0.05, 0.1) is 29.7 Å². The smallest absolute Gasteiger partial charge is 0.335 e. The summed E-state index contributed by atoms with van der Waals surface area (Å²) in [4.78, 5) is 30.3. The zero-order valence-corrected chi connectivity index (χ0v) is 10.4. The summed E-state index contributed by atoms with van der Waals surface area (Å²) in [6.45, 7) is 0.132. The number of aromatic nitrogens is 2.